The Balaban J connectivity index is 1.94. The molecule has 0 saturated heterocycles. The number of hydrogen-bond donors (Lipinski definition) is 2. The molecule has 0 aliphatic carbocycles. The third-order valence-corrected chi connectivity index (χ3v) is 4.39. The van der Waals surface area contributed by atoms with Crippen LogP contribution in [-0.4, -0.2) is 48.1 Å². The molecule has 0 saturated carbocycles. The highest BCUT2D eigenvalue weighted by molar-refractivity contribution is 7.99. The molecule has 9 nitrogen and oxygen atoms in total. The van der Waals surface area contributed by atoms with Crippen LogP contribution < -0.4 is 20.1 Å². The van der Waals surface area contributed by atoms with Crippen molar-refractivity contribution in [2.75, 3.05) is 20.0 Å². The van der Waals surface area contributed by atoms with Crippen LogP contribution in [0.2, 0.25) is 0 Å². The van der Waals surface area contributed by atoms with Crippen LogP contribution in [0.25, 0.3) is 11.5 Å². The quantitative estimate of drug-likeness (QED) is 0.656. The summed E-state index contributed by atoms with van der Waals surface area (Å²) in [5.41, 5.74) is 0.628. The van der Waals surface area contributed by atoms with E-state index < -0.39 is 11.9 Å². The lowest BCUT2D eigenvalue weighted by atomic mass is 10.2. The van der Waals surface area contributed by atoms with Crippen molar-refractivity contribution in [1.29, 1.82) is 0 Å². The molecule has 1 atom stereocenters. The Kier molecular flexibility index (Phi) is 7.47. The van der Waals surface area contributed by atoms with Crippen molar-refractivity contribution < 1.29 is 23.5 Å². The van der Waals surface area contributed by atoms with Crippen LogP contribution >= 0.6 is 11.8 Å². The molecule has 2 rings (SSSR count). The molecule has 0 spiro atoms. The van der Waals surface area contributed by atoms with Crippen molar-refractivity contribution in [2.24, 2.45) is 0 Å². The number of amides is 3. The van der Waals surface area contributed by atoms with Crippen LogP contribution in [0.5, 0.6) is 11.5 Å². The van der Waals surface area contributed by atoms with Crippen molar-refractivity contribution in [3.63, 3.8) is 0 Å². The Bertz CT molecular complexity index is 773. The van der Waals surface area contributed by atoms with Gasteiger partial charge in [0.1, 0.15) is 11.5 Å². The normalized spacial score (nSPS) is 11.6. The molecule has 10 heteroatoms. The number of nitrogens with zero attached hydrogens (tertiary/aromatic N) is 2. The average molecular weight is 394 g/mol. The largest absolute Gasteiger partial charge is 0.497 e. The van der Waals surface area contributed by atoms with Crippen molar-refractivity contribution in [3.05, 3.63) is 18.2 Å². The maximum atomic E-state index is 11.8. The highest BCUT2D eigenvalue weighted by atomic mass is 32.2. The minimum Gasteiger partial charge on any atom is -0.497 e. The summed E-state index contributed by atoms with van der Waals surface area (Å²) in [7, 11) is 3.09. The van der Waals surface area contributed by atoms with Crippen LogP contribution in [0.4, 0.5) is 4.79 Å². The highest BCUT2D eigenvalue weighted by Gasteiger charge is 2.15. The SMILES string of the molecule is CC[C@H](C)NC(=O)NC(=O)CSc1nnc(-c2cc(OC)cc(OC)c2)o1. The number of carbonyl (C=O) groups is 2. The predicted octanol–water partition coefficient (Wildman–Crippen LogP) is 2.47. The zero-order chi connectivity index (χ0) is 19.8. The summed E-state index contributed by atoms with van der Waals surface area (Å²) in [6, 6.07) is 4.66. The zero-order valence-corrected chi connectivity index (χ0v) is 16.4. The molecule has 0 radical (unpaired) electrons. The number of benzene rings is 1. The fourth-order valence-corrected chi connectivity index (χ4v) is 2.53. The van der Waals surface area contributed by atoms with Gasteiger partial charge in [-0.3, -0.25) is 10.1 Å². The molecule has 2 N–H and O–H groups in total. The summed E-state index contributed by atoms with van der Waals surface area (Å²) < 4.78 is 16.0. The Morgan fingerprint density at radius 1 is 1.19 bits per heavy atom. The fraction of sp³-hybridized carbons (Fsp3) is 0.412. The summed E-state index contributed by atoms with van der Waals surface area (Å²) in [5.74, 6) is 0.955. The predicted molar refractivity (Wildman–Crippen MR) is 100.0 cm³/mol. The van der Waals surface area contributed by atoms with Gasteiger partial charge in [-0.15, -0.1) is 10.2 Å². The number of nitrogens with one attached hydrogen (secondary N) is 2. The topological polar surface area (TPSA) is 116 Å². The van der Waals surface area contributed by atoms with E-state index in [4.69, 9.17) is 13.9 Å². The molecule has 1 heterocycles. The van der Waals surface area contributed by atoms with E-state index in [1.54, 1.807) is 32.4 Å². The summed E-state index contributed by atoms with van der Waals surface area (Å²) in [6.45, 7) is 3.79. The maximum absolute atomic E-state index is 11.8. The van der Waals surface area contributed by atoms with Crippen LogP contribution in [0.3, 0.4) is 0 Å². The van der Waals surface area contributed by atoms with Crippen LogP contribution in [-0.2, 0) is 4.79 Å². The van der Waals surface area contributed by atoms with Gasteiger partial charge >= 0.3 is 6.03 Å². The Labute approximate surface area is 161 Å². The highest BCUT2D eigenvalue weighted by Crippen LogP contribution is 2.30. The lowest BCUT2D eigenvalue weighted by Gasteiger charge is -2.11. The molecule has 0 bridgehead atoms. The molecule has 146 valence electrons. The number of urea groups is 1. The third kappa shape index (κ3) is 6.17. The molecule has 3 amide bonds. The lowest BCUT2D eigenvalue weighted by molar-refractivity contribution is -0.117. The zero-order valence-electron chi connectivity index (χ0n) is 15.6. The van der Waals surface area contributed by atoms with Crippen LogP contribution in [0.1, 0.15) is 20.3 Å². The number of hydrogen-bond acceptors (Lipinski definition) is 8. The van der Waals surface area contributed by atoms with Gasteiger partial charge in [0.2, 0.25) is 11.8 Å². The van der Waals surface area contributed by atoms with Gasteiger partial charge in [0.05, 0.1) is 20.0 Å². The number of imide groups is 1. The molecule has 0 fully saturated rings. The van der Waals surface area contributed by atoms with Crippen molar-refractivity contribution >= 4 is 23.7 Å². The number of ether oxygens (including phenoxy) is 2. The molecule has 0 aliphatic rings. The lowest BCUT2D eigenvalue weighted by Crippen LogP contribution is -2.43. The Morgan fingerprint density at radius 2 is 1.85 bits per heavy atom. The minimum absolute atomic E-state index is 0.0104. The smallest absolute Gasteiger partial charge is 0.321 e. The third-order valence-electron chi connectivity index (χ3n) is 3.57. The van der Waals surface area contributed by atoms with E-state index in [0.29, 0.717) is 17.1 Å². The molecular weight excluding hydrogens is 372 g/mol. The average Bonchev–Trinajstić information content (AvgIpc) is 3.14. The van der Waals surface area contributed by atoms with E-state index >= 15 is 0 Å². The van der Waals surface area contributed by atoms with E-state index in [1.807, 2.05) is 13.8 Å². The first kappa shape index (κ1) is 20.6. The van der Waals surface area contributed by atoms with E-state index in [0.717, 1.165) is 18.2 Å². The van der Waals surface area contributed by atoms with Gasteiger partial charge in [-0.25, -0.2) is 4.79 Å². The molecule has 0 aliphatic heterocycles. The van der Waals surface area contributed by atoms with Crippen molar-refractivity contribution in [3.8, 4) is 23.0 Å². The van der Waals surface area contributed by atoms with E-state index in [2.05, 4.69) is 20.8 Å². The first-order valence-electron chi connectivity index (χ1n) is 8.25. The van der Waals surface area contributed by atoms with Gasteiger partial charge in [-0.05, 0) is 25.5 Å². The van der Waals surface area contributed by atoms with E-state index in [9.17, 15) is 9.59 Å². The molecule has 2 aromatic rings. The van der Waals surface area contributed by atoms with Gasteiger partial charge in [-0.1, -0.05) is 18.7 Å². The number of aromatic nitrogens is 2. The van der Waals surface area contributed by atoms with E-state index in [1.165, 1.54) is 0 Å². The van der Waals surface area contributed by atoms with Crippen molar-refractivity contribution in [1.82, 2.24) is 20.8 Å². The second kappa shape index (κ2) is 9.81. The first-order valence-corrected chi connectivity index (χ1v) is 9.23. The van der Waals surface area contributed by atoms with Gasteiger partial charge in [-0.2, -0.15) is 0 Å². The summed E-state index contributed by atoms with van der Waals surface area (Å²) in [6.07, 6.45) is 0.774. The molecule has 1 aromatic heterocycles. The number of methoxy groups -OCH3 is 2. The number of carbonyl (C=O) groups excluding carboxylic acids is 2. The van der Waals surface area contributed by atoms with Crippen molar-refractivity contribution in [2.45, 2.75) is 31.5 Å². The summed E-state index contributed by atoms with van der Waals surface area (Å²) >= 11 is 1.04. The maximum Gasteiger partial charge on any atom is 0.321 e. The van der Waals surface area contributed by atoms with Gasteiger partial charge in [0.15, 0.2) is 0 Å². The molecule has 0 unspecified atom stereocenters. The van der Waals surface area contributed by atoms with Crippen LogP contribution in [0, 0.1) is 0 Å². The second-order valence-corrected chi connectivity index (χ2v) is 6.52. The fourth-order valence-electron chi connectivity index (χ4n) is 1.97. The minimum atomic E-state index is -0.523. The van der Waals surface area contributed by atoms with Gasteiger partial charge in [0, 0.05) is 17.7 Å². The molecule has 1 aromatic carbocycles. The first-order chi connectivity index (χ1) is 12.9. The standard InChI is InChI=1S/C17H22N4O5S/c1-5-10(2)18-16(23)19-14(22)9-27-17-21-20-15(26-17)11-6-12(24-3)8-13(7-11)25-4/h6-8,10H,5,9H2,1-4H3,(H2,18,19,22,23)/t10-/m0/s1. The molecule has 27 heavy (non-hydrogen) atoms. The Hall–Kier alpha value is -2.75. The Morgan fingerprint density at radius 3 is 2.44 bits per heavy atom. The summed E-state index contributed by atoms with van der Waals surface area (Å²) in [5, 5.41) is 13.0. The molecular formula is C17H22N4O5S. The number of thioether (sulfide) groups is 1. The summed E-state index contributed by atoms with van der Waals surface area (Å²) in [4.78, 5) is 23.4. The van der Waals surface area contributed by atoms with Gasteiger partial charge in [0.25, 0.3) is 5.22 Å². The van der Waals surface area contributed by atoms with Gasteiger partial charge < -0.3 is 19.2 Å². The monoisotopic (exact) mass is 394 g/mol. The van der Waals surface area contributed by atoms with Crippen LogP contribution in [0.15, 0.2) is 27.8 Å². The number of rotatable bonds is 8. The second-order valence-electron chi connectivity index (χ2n) is 5.59. The van der Waals surface area contributed by atoms with E-state index in [-0.39, 0.29) is 22.9 Å².